The van der Waals surface area contributed by atoms with Crippen LogP contribution in [0.3, 0.4) is 0 Å². The van der Waals surface area contributed by atoms with E-state index in [0.29, 0.717) is 5.56 Å². The molecule has 162 valence electrons. The lowest BCUT2D eigenvalue weighted by molar-refractivity contribution is -0.120. The summed E-state index contributed by atoms with van der Waals surface area (Å²) in [5, 5.41) is 12.1. The molecule has 1 spiro atoms. The van der Waals surface area contributed by atoms with E-state index >= 15 is 0 Å². The van der Waals surface area contributed by atoms with Crippen LogP contribution >= 0.6 is 0 Å². The molecule has 0 saturated carbocycles. The number of amides is 1. The summed E-state index contributed by atoms with van der Waals surface area (Å²) in [7, 11) is 1.69. The second kappa shape index (κ2) is 9.11. The molecule has 1 unspecified atom stereocenters. The molecule has 1 aliphatic carbocycles. The summed E-state index contributed by atoms with van der Waals surface area (Å²) in [4.78, 5) is 14.4. The molecule has 31 heavy (non-hydrogen) atoms. The fourth-order valence-electron chi connectivity index (χ4n) is 5.24. The summed E-state index contributed by atoms with van der Waals surface area (Å²) in [6.07, 6.45) is 5.39. The highest BCUT2D eigenvalue weighted by molar-refractivity contribution is 5.73. The molecule has 2 aliphatic rings. The zero-order valence-corrected chi connectivity index (χ0v) is 18.5. The van der Waals surface area contributed by atoms with Gasteiger partial charge in [0.1, 0.15) is 5.75 Å². The van der Waals surface area contributed by atoms with Crippen molar-refractivity contribution < 1.29 is 9.53 Å². The van der Waals surface area contributed by atoms with Crippen LogP contribution in [0.4, 0.5) is 0 Å². The number of carbonyl (C=O) groups excluding carboxylic acids is 1. The number of rotatable bonds is 5. The first kappa shape index (κ1) is 21.4. The number of fused-ring (bicyclic) bond motifs is 1. The van der Waals surface area contributed by atoms with Crippen LogP contribution in [0.25, 0.3) is 0 Å². The molecule has 2 aromatic rings. The van der Waals surface area contributed by atoms with Gasteiger partial charge in [-0.15, -0.1) is 0 Å². The van der Waals surface area contributed by atoms with Crippen molar-refractivity contribution in [1.82, 2.24) is 10.2 Å². The zero-order valence-electron chi connectivity index (χ0n) is 18.5. The number of carbonyl (C=O) groups is 1. The molecular formula is C26H31N3O2. The number of hydrogen-bond acceptors (Lipinski definition) is 4. The maximum Gasteiger partial charge on any atom is 0.217 e. The molecule has 1 amide bonds. The molecule has 5 heteroatoms. The van der Waals surface area contributed by atoms with E-state index in [1.807, 2.05) is 18.2 Å². The summed E-state index contributed by atoms with van der Waals surface area (Å²) in [6.45, 7) is 4.83. The van der Waals surface area contributed by atoms with Crippen molar-refractivity contribution in [2.24, 2.45) is 5.41 Å². The first-order valence-electron chi connectivity index (χ1n) is 11.2. The monoisotopic (exact) mass is 417 g/mol. The standard InChI is InChI=1S/C26H31N3O2/c1-19(30)28-25-17-26(16-22-7-8-23(31-2)15-24(22)25)10-13-29(14-11-26)12-9-20-3-5-21(18-27)6-4-20/h3-8,15,25H,9-14,16-17H2,1-2H3,(H,28,30). The number of nitrogens with zero attached hydrogens (tertiary/aromatic N) is 2. The summed E-state index contributed by atoms with van der Waals surface area (Å²) in [5.41, 5.74) is 4.80. The van der Waals surface area contributed by atoms with Crippen LogP contribution in [0, 0.1) is 16.7 Å². The third-order valence-electron chi connectivity index (χ3n) is 7.02. The van der Waals surface area contributed by atoms with Crippen molar-refractivity contribution in [2.45, 2.75) is 45.1 Å². The van der Waals surface area contributed by atoms with Crippen molar-refractivity contribution in [3.05, 3.63) is 64.7 Å². The van der Waals surface area contributed by atoms with E-state index in [-0.39, 0.29) is 17.4 Å². The topological polar surface area (TPSA) is 65.4 Å². The molecule has 1 N–H and O–H groups in total. The molecule has 1 saturated heterocycles. The van der Waals surface area contributed by atoms with Gasteiger partial charge in [0.2, 0.25) is 5.91 Å². The molecule has 5 nitrogen and oxygen atoms in total. The van der Waals surface area contributed by atoms with Crippen LogP contribution in [-0.4, -0.2) is 37.6 Å². The van der Waals surface area contributed by atoms with Crippen LogP contribution in [0.5, 0.6) is 5.75 Å². The minimum atomic E-state index is 0.0238. The van der Waals surface area contributed by atoms with Crippen molar-refractivity contribution in [2.75, 3.05) is 26.7 Å². The molecule has 1 aliphatic heterocycles. The second-order valence-electron chi connectivity index (χ2n) is 9.10. The van der Waals surface area contributed by atoms with Gasteiger partial charge in [0.25, 0.3) is 0 Å². The predicted octanol–water partition coefficient (Wildman–Crippen LogP) is 4.02. The Morgan fingerprint density at radius 1 is 1.23 bits per heavy atom. The smallest absolute Gasteiger partial charge is 0.217 e. The van der Waals surface area contributed by atoms with E-state index in [9.17, 15) is 4.79 Å². The molecule has 1 heterocycles. The zero-order chi connectivity index (χ0) is 21.8. The summed E-state index contributed by atoms with van der Waals surface area (Å²) < 4.78 is 5.43. The Morgan fingerprint density at radius 3 is 2.61 bits per heavy atom. The van der Waals surface area contributed by atoms with Gasteiger partial charge in [-0.25, -0.2) is 0 Å². The number of piperidine rings is 1. The van der Waals surface area contributed by atoms with E-state index in [2.05, 4.69) is 40.6 Å². The van der Waals surface area contributed by atoms with Gasteiger partial charge in [0.15, 0.2) is 0 Å². The third kappa shape index (κ3) is 4.91. The Hall–Kier alpha value is -2.84. The Kier molecular flexibility index (Phi) is 6.29. The van der Waals surface area contributed by atoms with Gasteiger partial charge in [-0.05, 0) is 91.6 Å². The van der Waals surface area contributed by atoms with Gasteiger partial charge in [0.05, 0.1) is 24.8 Å². The summed E-state index contributed by atoms with van der Waals surface area (Å²) >= 11 is 0. The maximum absolute atomic E-state index is 11.9. The van der Waals surface area contributed by atoms with E-state index in [4.69, 9.17) is 10.00 Å². The average Bonchev–Trinajstić information content (AvgIpc) is 2.78. The van der Waals surface area contributed by atoms with Gasteiger partial charge >= 0.3 is 0 Å². The van der Waals surface area contributed by atoms with Crippen molar-refractivity contribution in [3.63, 3.8) is 0 Å². The maximum atomic E-state index is 11.9. The Labute approximate surface area is 185 Å². The highest BCUT2D eigenvalue weighted by Gasteiger charge is 2.41. The average molecular weight is 418 g/mol. The third-order valence-corrected chi connectivity index (χ3v) is 7.02. The molecule has 1 atom stereocenters. The van der Waals surface area contributed by atoms with Gasteiger partial charge in [-0.1, -0.05) is 18.2 Å². The molecule has 0 bridgehead atoms. The van der Waals surface area contributed by atoms with Crippen molar-refractivity contribution in [1.29, 1.82) is 5.26 Å². The first-order chi connectivity index (χ1) is 15.0. The normalized spacial score (nSPS) is 20.0. The largest absolute Gasteiger partial charge is 0.497 e. The molecule has 0 radical (unpaired) electrons. The van der Waals surface area contributed by atoms with Gasteiger partial charge in [0, 0.05) is 13.5 Å². The van der Waals surface area contributed by atoms with Crippen LogP contribution in [0.2, 0.25) is 0 Å². The van der Waals surface area contributed by atoms with E-state index in [1.165, 1.54) is 16.7 Å². The van der Waals surface area contributed by atoms with Gasteiger partial charge in [-0.3, -0.25) is 4.79 Å². The van der Waals surface area contributed by atoms with Crippen molar-refractivity contribution >= 4 is 5.91 Å². The van der Waals surface area contributed by atoms with Crippen LogP contribution in [0.1, 0.15) is 54.5 Å². The second-order valence-corrected chi connectivity index (χ2v) is 9.10. The Balaban J connectivity index is 1.40. The molecule has 2 aromatic carbocycles. The summed E-state index contributed by atoms with van der Waals surface area (Å²) in [5.74, 6) is 0.873. The van der Waals surface area contributed by atoms with Crippen LogP contribution < -0.4 is 10.1 Å². The minimum Gasteiger partial charge on any atom is -0.497 e. The molecular weight excluding hydrogens is 386 g/mol. The van der Waals surface area contributed by atoms with Crippen LogP contribution in [0.15, 0.2) is 42.5 Å². The fraction of sp³-hybridized carbons (Fsp3) is 0.462. The first-order valence-corrected chi connectivity index (χ1v) is 11.2. The van der Waals surface area contributed by atoms with Gasteiger partial charge < -0.3 is 15.0 Å². The SMILES string of the molecule is COc1ccc2c(c1)C(NC(C)=O)CC1(CCN(CCc3ccc(C#N)cc3)CC1)C2. The number of hydrogen-bond donors (Lipinski definition) is 1. The number of likely N-dealkylation sites (tertiary alicyclic amines) is 1. The fourth-order valence-corrected chi connectivity index (χ4v) is 5.24. The quantitative estimate of drug-likeness (QED) is 0.798. The number of nitriles is 1. The van der Waals surface area contributed by atoms with Gasteiger partial charge in [-0.2, -0.15) is 5.26 Å². The van der Waals surface area contributed by atoms with E-state index in [1.54, 1.807) is 14.0 Å². The van der Waals surface area contributed by atoms with E-state index < -0.39 is 0 Å². The van der Waals surface area contributed by atoms with Crippen molar-refractivity contribution in [3.8, 4) is 11.8 Å². The lowest BCUT2D eigenvalue weighted by Crippen LogP contribution is -2.46. The van der Waals surface area contributed by atoms with E-state index in [0.717, 1.165) is 57.5 Å². The highest BCUT2D eigenvalue weighted by Crippen LogP contribution is 2.48. The Morgan fingerprint density at radius 2 is 1.97 bits per heavy atom. The Bertz CT molecular complexity index is 969. The number of methoxy groups -OCH3 is 1. The lowest BCUT2D eigenvalue weighted by Gasteiger charge is -2.47. The predicted molar refractivity (Wildman–Crippen MR) is 121 cm³/mol. The number of ether oxygens (including phenoxy) is 1. The lowest BCUT2D eigenvalue weighted by atomic mass is 9.64. The highest BCUT2D eigenvalue weighted by atomic mass is 16.5. The number of benzene rings is 2. The summed E-state index contributed by atoms with van der Waals surface area (Å²) in [6, 6.07) is 16.5. The molecule has 4 rings (SSSR count). The van der Waals surface area contributed by atoms with Crippen LogP contribution in [-0.2, 0) is 17.6 Å². The molecule has 0 aromatic heterocycles. The molecule has 1 fully saturated rings. The minimum absolute atomic E-state index is 0.0238. The number of nitrogens with one attached hydrogen (secondary N) is 1.